The van der Waals surface area contributed by atoms with E-state index in [1.807, 2.05) is 18.2 Å². The minimum Gasteiger partial charge on any atom is -0.298 e. The van der Waals surface area contributed by atoms with E-state index in [1.54, 1.807) is 6.92 Å². The van der Waals surface area contributed by atoms with E-state index in [2.05, 4.69) is 35.5 Å². The van der Waals surface area contributed by atoms with Gasteiger partial charge in [-0.25, -0.2) is 0 Å². The Bertz CT molecular complexity index is 349. The van der Waals surface area contributed by atoms with Crippen LogP contribution in [0.2, 0.25) is 0 Å². The van der Waals surface area contributed by atoms with Crippen molar-refractivity contribution in [2.75, 3.05) is 0 Å². The molecule has 0 aromatic heterocycles. The average Bonchev–Trinajstić information content (AvgIpc) is 2.16. The molecular weight excluding hydrogens is 260 g/mol. The summed E-state index contributed by atoms with van der Waals surface area (Å²) in [7, 11) is 0. The van der Waals surface area contributed by atoms with E-state index in [9.17, 15) is 4.79 Å². The first-order valence-corrected chi connectivity index (χ1v) is 5.88. The summed E-state index contributed by atoms with van der Waals surface area (Å²) in [6.45, 7) is 3.67. The molecule has 0 heterocycles. The first kappa shape index (κ1) is 11.8. The first-order valence-electron chi connectivity index (χ1n) is 4.52. The van der Waals surface area contributed by atoms with E-state index < -0.39 is 0 Å². The Morgan fingerprint density at radius 3 is 2.71 bits per heavy atom. The van der Waals surface area contributed by atoms with Gasteiger partial charge in [0.1, 0.15) is 5.78 Å². The zero-order chi connectivity index (χ0) is 10.7. The van der Waals surface area contributed by atoms with Gasteiger partial charge in [-0.3, -0.25) is 4.79 Å². The molecule has 1 aromatic rings. The van der Waals surface area contributed by atoms with Gasteiger partial charge in [0.25, 0.3) is 0 Å². The Balaban J connectivity index is 3.13. The summed E-state index contributed by atoms with van der Waals surface area (Å²) in [6, 6.07) is 5.88. The van der Waals surface area contributed by atoms with Crippen LogP contribution in [0.15, 0.2) is 23.1 Å². The number of hydrogen-bond acceptors (Lipinski definition) is 2. The molecule has 0 saturated carbocycles. The van der Waals surface area contributed by atoms with Crippen LogP contribution >= 0.6 is 28.6 Å². The number of halogens is 1. The number of thiol groups is 1. The van der Waals surface area contributed by atoms with Gasteiger partial charge in [-0.1, -0.05) is 28.9 Å². The van der Waals surface area contributed by atoms with Gasteiger partial charge in [-0.05, 0) is 36.6 Å². The quantitative estimate of drug-likeness (QED) is 0.658. The van der Waals surface area contributed by atoms with Gasteiger partial charge in [0.15, 0.2) is 0 Å². The van der Waals surface area contributed by atoms with Gasteiger partial charge in [-0.2, -0.15) is 0 Å². The molecule has 3 heteroatoms. The molecule has 1 atom stereocenters. The molecule has 0 spiro atoms. The summed E-state index contributed by atoms with van der Waals surface area (Å²) in [5.74, 6) is 0.131. The van der Waals surface area contributed by atoms with Crippen LogP contribution in [0.4, 0.5) is 0 Å². The highest BCUT2D eigenvalue weighted by Gasteiger charge is 2.15. The fourth-order valence-electron chi connectivity index (χ4n) is 1.36. The second-order valence-corrected chi connectivity index (χ2v) is 4.64. The van der Waals surface area contributed by atoms with Crippen molar-refractivity contribution in [3.05, 3.63) is 29.3 Å². The maximum atomic E-state index is 11.2. The second kappa shape index (κ2) is 4.99. The molecule has 1 nitrogen and oxygen atoms in total. The van der Waals surface area contributed by atoms with Gasteiger partial charge >= 0.3 is 0 Å². The summed E-state index contributed by atoms with van der Waals surface area (Å²) in [5.41, 5.74) is 2.23. The van der Waals surface area contributed by atoms with Crippen LogP contribution in [0.5, 0.6) is 0 Å². The van der Waals surface area contributed by atoms with E-state index in [-0.39, 0.29) is 10.6 Å². The van der Waals surface area contributed by atoms with Crippen molar-refractivity contribution in [3.63, 3.8) is 0 Å². The molecule has 0 N–H and O–H groups in total. The standard InChI is InChI=1S/C11H13BrOS/c1-3-8-6-9(14)4-5-10(8)11(12)7(2)13/h4-6,11,14H,3H2,1-2H3. The normalized spacial score (nSPS) is 12.6. The van der Waals surface area contributed by atoms with Crippen molar-refractivity contribution in [1.29, 1.82) is 0 Å². The first-order chi connectivity index (χ1) is 6.56. The Morgan fingerprint density at radius 2 is 2.21 bits per heavy atom. The number of ketones is 1. The molecule has 0 aliphatic carbocycles. The molecule has 0 fully saturated rings. The van der Waals surface area contributed by atoms with Crippen molar-refractivity contribution < 1.29 is 4.79 Å². The molecular formula is C11H13BrOS. The molecule has 0 aliphatic rings. The predicted molar refractivity (Wildman–Crippen MR) is 65.4 cm³/mol. The van der Waals surface area contributed by atoms with Crippen LogP contribution in [0.3, 0.4) is 0 Å². The molecule has 14 heavy (non-hydrogen) atoms. The van der Waals surface area contributed by atoms with Crippen molar-refractivity contribution in [2.45, 2.75) is 30.0 Å². The van der Waals surface area contributed by atoms with E-state index in [1.165, 1.54) is 5.56 Å². The van der Waals surface area contributed by atoms with Crippen molar-refractivity contribution in [2.24, 2.45) is 0 Å². The van der Waals surface area contributed by atoms with E-state index >= 15 is 0 Å². The monoisotopic (exact) mass is 272 g/mol. The number of rotatable bonds is 3. The fourth-order valence-corrected chi connectivity index (χ4v) is 2.04. The maximum Gasteiger partial charge on any atom is 0.147 e. The molecule has 1 unspecified atom stereocenters. The van der Waals surface area contributed by atoms with Crippen LogP contribution in [-0.2, 0) is 11.2 Å². The summed E-state index contributed by atoms with van der Waals surface area (Å²) >= 11 is 7.67. The Kier molecular flexibility index (Phi) is 4.20. The van der Waals surface area contributed by atoms with Crippen molar-refractivity contribution in [3.8, 4) is 0 Å². The third kappa shape index (κ3) is 2.61. The lowest BCUT2D eigenvalue weighted by Gasteiger charge is -2.12. The average molecular weight is 273 g/mol. The summed E-state index contributed by atoms with van der Waals surface area (Å²) in [5, 5.41) is 0. The van der Waals surface area contributed by atoms with Gasteiger partial charge < -0.3 is 0 Å². The van der Waals surface area contributed by atoms with Gasteiger partial charge in [0.05, 0.1) is 4.83 Å². The Labute approximate surface area is 98.4 Å². The molecule has 0 aliphatic heterocycles. The second-order valence-electron chi connectivity index (χ2n) is 3.21. The minimum atomic E-state index is -0.189. The van der Waals surface area contributed by atoms with E-state index in [0.29, 0.717) is 0 Å². The third-order valence-electron chi connectivity index (χ3n) is 2.14. The minimum absolute atomic E-state index is 0.131. The maximum absolute atomic E-state index is 11.2. The lowest BCUT2D eigenvalue weighted by molar-refractivity contribution is -0.116. The largest absolute Gasteiger partial charge is 0.298 e. The third-order valence-corrected chi connectivity index (χ3v) is 3.55. The number of benzene rings is 1. The van der Waals surface area contributed by atoms with Crippen LogP contribution in [0.1, 0.15) is 29.8 Å². The predicted octanol–water partition coefficient (Wildman–Crippen LogP) is 3.56. The molecule has 0 bridgehead atoms. The highest BCUT2D eigenvalue weighted by Crippen LogP contribution is 2.28. The highest BCUT2D eigenvalue weighted by atomic mass is 79.9. The number of carbonyl (C=O) groups excluding carboxylic acids is 1. The van der Waals surface area contributed by atoms with Crippen LogP contribution in [0.25, 0.3) is 0 Å². The number of alkyl halides is 1. The topological polar surface area (TPSA) is 17.1 Å². The number of carbonyl (C=O) groups is 1. The van der Waals surface area contributed by atoms with Crippen LogP contribution in [0, 0.1) is 0 Å². The molecule has 0 amide bonds. The van der Waals surface area contributed by atoms with Crippen LogP contribution < -0.4 is 0 Å². The Hall–Kier alpha value is -0.280. The lowest BCUT2D eigenvalue weighted by atomic mass is 10.0. The van der Waals surface area contributed by atoms with Gasteiger partial charge in [0, 0.05) is 4.90 Å². The van der Waals surface area contributed by atoms with E-state index in [4.69, 9.17) is 0 Å². The van der Waals surface area contributed by atoms with Crippen molar-refractivity contribution >= 4 is 34.3 Å². The van der Waals surface area contributed by atoms with Gasteiger partial charge in [-0.15, -0.1) is 12.6 Å². The van der Waals surface area contributed by atoms with Gasteiger partial charge in [0.2, 0.25) is 0 Å². The molecule has 76 valence electrons. The smallest absolute Gasteiger partial charge is 0.147 e. The fraction of sp³-hybridized carbons (Fsp3) is 0.364. The zero-order valence-corrected chi connectivity index (χ0v) is 10.7. The number of hydrogen-bond donors (Lipinski definition) is 1. The van der Waals surface area contributed by atoms with Crippen LogP contribution in [-0.4, -0.2) is 5.78 Å². The number of aryl methyl sites for hydroxylation is 1. The molecule has 1 aromatic carbocycles. The van der Waals surface area contributed by atoms with E-state index in [0.717, 1.165) is 16.9 Å². The highest BCUT2D eigenvalue weighted by molar-refractivity contribution is 9.09. The molecule has 0 radical (unpaired) electrons. The molecule has 1 rings (SSSR count). The summed E-state index contributed by atoms with van der Waals surface area (Å²) in [4.78, 5) is 12.0. The summed E-state index contributed by atoms with van der Waals surface area (Å²) < 4.78 is 0. The zero-order valence-electron chi connectivity index (χ0n) is 8.25. The van der Waals surface area contributed by atoms with Crippen molar-refractivity contribution in [1.82, 2.24) is 0 Å². The number of Topliss-reactive ketones (excluding diaryl/α,β-unsaturated/α-hetero) is 1. The lowest BCUT2D eigenvalue weighted by Crippen LogP contribution is -2.04. The summed E-state index contributed by atoms with van der Waals surface area (Å²) in [6.07, 6.45) is 0.916. The Morgan fingerprint density at radius 1 is 1.57 bits per heavy atom. The molecule has 0 saturated heterocycles. The SMILES string of the molecule is CCc1cc(S)ccc1C(Br)C(C)=O.